The molecule has 0 amide bonds. The molecule has 5 nitrogen and oxygen atoms in total. The fourth-order valence-corrected chi connectivity index (χ4v) is 1.36. The summed E-state index contributed by atoms with van der Waals surface area (Å²) < 4.78 is 9.34. The highest BCUT2D eigenvalue weighted by molar-refractivity contribution is 5.89. The van der Waals surface area contributed by atoms with Crippen LogP contribution in [0, 0.1) is 0 Å². The monoisotopic (exact) mass is 264 g/mol. The number of esters is 2. The minimum atomic E-state index is -1.40. The molecule has 0 heterocycles. The summed E-state index contributed by atoms with van der Waals surface area (Å²) in [7, 11) is 1.15. The molecule has 0 unspecified atom stereocenters. The molecule has 1 aromatic carbocycles. The zero-order valence-corrected chi connectivity index (χ0v) is 10.7. The van der Waals surface area contributed by atoms with Crippen molar-refractivity contribution in [3.8, 4) is 0 Å². The molecule has 5 heteroatoms. The summed E-state index contributed by atoms with van der Waals surface area (Å²) in [6.45, 7) is 3.60. The fraction of sp³-hybridized carbons (Fsp3) is 0.286. The first-order chi connectivity index (χ1) is 9.04. The van der Waals surface area contributed by atoms with E-state index in [-0.39, 0.29) is 18.6 Å². The summed E-state index contributed by atoms with van der Waals surface area (Å²) in [5.74, 6) is -1.45. The van der Waals surface area contributed by atoms with Crippen molar-refractivity contribution in [2.75, 3.05) is 7.11 Å². The molecule has 0 aliphatic heterocycles. The molecule has 0 saturated heterocycles. The van der Waals surface area contributed by atoms with Crippen molar-refractivity contribution in [1.82, 2.24) is 0 Å². The van der Waals surface area contributed by atoms with Gasteiger partial charge in [0.05, 0.1) is 7.11 Å². The van der Waals surface area contributed by atoms with Gasteiger partial charge in [-0.1, -0.05) is 36.9 Å². The second-order valence-corrected chi connectivity index (χ2v) is 3.91. The Morgan fingerprint density at radius 2 is 1.95 bits per heavy atom. The van der Waals surface area contributed by atoms with Gasteiger partial charge in [0.25, 0.3) is 0 Å². The normalized spacial score (nSPS) is 11.5. The van der Waals surface area contributed by atoms with Crippen LogP contribution in [0.1, 0.15) is 12.0 Å². The minimum Gasteiger partial charge on any atom is -0.467 e. The van der Waals surface area contributed by atoms with Gasteiger partial charge in [0, 0.05) is 12.0 Å². The van der Waals surface area contributed by atoms with Crippen molar-refractivity contribution >= 4 is 11.9 Å². The van der Waals surface area contributed by atoms with Crippen molar-refractivity contribution in [2.24, 2.45) is 0 Å². The molecule has 0 aliphatic carbocycles. The highest BCUT2D eigenvalue weighted by Gasteiger charge is 2.20. The SMILES string of the molecule is C=C(C[C@H](O)C(=O)OC)C(=O)OCc1ccccc1. The summed E-state index contributed by atoms with van der Waals surface area (Å²) in [4.78, 5) is 22.6. The molecule has 1 atom stereocenters. The number of ether oxygens (including phenoxy) is 2. The van der Waals surface area contributed by atoms with Crippen LogP contribution in [0.4, 0.5) is 0 Å². The Morgan fingerprint density at radius 3 is 2.53 bits per heavy atom. The van der Waals surface area contributed by atoms with E-state index < -0.39 is 18.0 Å². The Hall–Kier alpha value is -2.14. The summed E-state index contributed by atoms with van der Waals surface area (Å²) in [5.41, 5.74) is 0.867. The largest absolute Gasteiger partial charge is 0.467 e. The maximum absolute atomic E-state index is 11.6. The van der Waals surface area contributed by atoms with Crippen LogP contribution >= 0.6 is 0 Å². The molecule has 1 rings (SSSR count). The molecular weight excluding hydrogens is 248 g/mol. The molecule has 0 aliphatic rings. The number of aliphatic hydroxyl groups is 1. The lowest BCUT2D eigenvalue weighted by atomic mass is 10.1. The van der Waals surface area contributed by atoms with E-state index in [1.165, 1.54) is 0 Å². The van der Waals surface area contributed by atoms with Crippen molar-refractivity contribution in [1.29, 1.82) is 0 Å². The van der Waals surface area contributed by atoms with Gasteiger partial charge in [-0.3, -0.25) is 0 Å². The first-order valence-electron chi connectivity index (χ1n) is 5.69. The van der Waals surface area contributed by atoms with Gasteiger partial charge in [0.15, 0.2) is 6.10 Å². The molecule has 19 heavy (non-hydrogen) atoms. The molecule has 0 radical (unpaired) electrons. The maximum Gasteiger partial charge on any atom is 0.335 e. The van der Waals surface area contributed by atoms with E-state index in [2.05, 4.69) is 11.3 Å². The van der Waals surface area contributed by atoms with Gasteiger partial charge in [0.2, 0.25) is 0 Å². The van der Waals surface area contributed by atoms with Gasteiger partial charge in [-0.25, -0.2) is 9.59 Å². The zero-order chi connectivity index (χ0) is 14.3. The summed E-state index contributed by atoms with van der Waals surface area (Å²) in [6, 6.07) is 9.16. The van der Waals surface area contributed by atoms with Crippen molar-refractivity contribution in [3.63, 3.8) is 0 Å². The molecule has 0 aromatic heterocycles. The van der Waals surface area contributed by atoms with E-state index in [1.807, 2.05) is 30.3 Å². The van der Waals surface area contributed by atoms with E-state index in [4.69, 9.17) is 4.74 Å². The second kappa shape index (κ2) is 7.33. The summed E-state index contributed by atoms with van der Waals surface area (Å²) in [6.07, 6.45) is -1.61. The average Bonchev–Trinajstić information content (AvgIpc) is 2.44. The van der Waals surface area contributed by atoms with Crippen LogP contribution in [0.5, 0.6) is 0 Å². The van der Waals surface area contributed by atoms with Crippen LogP contribution in [0.25, 0.3) is 0 Å². The van der Waals surface area contributed by atoms with E-state index in [0.717, 1.165) is 12.7 Å². The first kappa shape index (κ1) is 14.9. The van der Waals surface area contributed by atoms with Gasteiger partial charge < -0.3 is 14.6 Å². The highest BCUT2D eigenvalue weighted by atomic mass is 16.5. The van der Waals surface area contributed by atoms with Gasteiger partial charge in [-0.05, 0) is 5.56 Å². The quantitative estimate of drug-likeness (QED) is 0.617. The molecule has 1 aromatic rings. The van der Waals surface area contributed by atoms with Crippen LogP contribution in [0.2, 0.25) is 0 Å². The lowest BCUT2D eigenvalue weighted by Crippen LogP contribution is -2.24. The van der Waals surface area contributed by atoms with E-state index in [1.54, 1.807) is 0 Å². The van der Waals surface area contributed by atoms with Gasteiger partial charge in [-0.2, -0.15) is 0 Å². The average molecular weight is 264 g/mol. The second-order valence-electron chi connectivity index (χ2n) is 3.91. The van der Waals surface area contributed by atoms with E-state index >= 15 is 0 Å². The lowest BCUT2D eigenvalue weighted by Gasteiger charge is -2.10. The molecule has 0 spiro atoms. The Bertz CT molecular complexity index is 452. The molecule has 1 N–H and O–H groups in total. The Balaban J connectivity index is 2.41. The number of hydrogen-bond acceptors (Lipinski definition) is 5. The Labute approximate surface area is 111 Å². The maximum atomic E-state index is 11.6. The topological polar surface area (TPSA) is 72.8 Å². The zero-order valence-electron chi connectivity index (χ0n) is 10.7. The number of carbonyl (C=O) groups is 2. The summed E-state index contributed by atoms with van der Waals surface area (Å²) >= 11 is 0. The number of aliphatic hydroxyl groups excluding tert-OH is 1. The predicted octanol–water partition coefficient (Wildman–Crippen LogP) is 1.21. The van der Waals surface area contributed by atoms with Crippen LogP contribution in [-0.2, 0) is 25.7 Å². The molecular formula is C14H16O5. The fourth-order valence-electron chi connectivity index (χ4n) is 1.36. The number of methoxy groups -OCH3 is 1. The predicted molar refractivity (Wildman–Crippen MR) is 68.0 cm³/mol. The molecule has 0 fully saturated rings. The van der Waals surface area contributed by atoms with Crippen LogP contribution in [0.15, 0.2) is 42.5 Å². The number of rotatable bonds is 6. The van der Waals surface area contributed by atoms with Gasteiger partial charge in [-0.15, -0.1) is 0 Å². The molecule has 102 valence electrons. The van der Waals surface area contributed by atoms with Crippen molar-refractivity contribution in [3.05, 3.63) is 48.0 Å². The Kier molecular flexibility index (Phi) is 5.75. The van der Waals surface area contributed by atoms with Crippen LogP contribution in [0.3, 0.4) is 0 Å². The molecule has 0 saturated carbocycles. The first-order valence-corrected chi connectivity index (χ1v) is 5.69. The van der Waals surface area contributed by atoms with Gasteiger partial charge >= 0.3 is 11.9 Å². The third-order valence-electron chi connectivity index (χ3n) is 2.41. The number of carbonyl (C=O) groups excluding carboxylic acids is 2. The summed E-state index contributed by atoms with van der Waals surface area (Å²) in [5, 5.41) is 9.38. The Morgan fingerprint density at radius 1 is 1.32 bits per heavy atom. The van der Waals surface area contributed by atoms with Crippen LogP contribution < -0.4 is 0 Å². The number of hydrogen-bond donors (Lipinski definition) is 1. The number of benzene rings is 1. The van der Waals surface area contributed by atoms with E-state index in [0.29, 0.717) is 0 Å². The van der Waals surface area contributed by atoms with Crippen molar-refractivity contribution < 1.29 is 24.2 Å². The molecule has 0 bridgehead atoms. The van der Waals surface area contributed by atoms with Crippen molar-refractivity contribution in [2.45, 2.75) is 19.1 Å². The van der Waals surface area contributed by atoms with E-state index in [9.17, 15) is 14.7 Å². The van der Waals surface area contributed by atoms with Gasteiger partial charge in [0.1, 0.15) is 6.61 Å². The standard InChI is InChI=1S/C14H16O5/c1-10(8-12(15)14(17)18-2)13(16)19-9-11-6-4-3-5-7-11/h3-7,12,15H,1,8-9H2,2H3/t12-/m0/s1. The third kappa shape index (κ3) is 4.93. The third-order valence-corrected chi connectivity index (χ3v) is 2.41. The van der Waals surface area contributed by atoms with Crippen LogP contribution in [-0.4, -0.2) is 30.3 Å². The lowest BCUT2D eigenvalue weighted by molar-refractivity contribution is -0.150. The minimum absolute atomic E-state index is 0.0221. The highest BCUT2D eigenvalue weighted by Crippen LogP contribution is 2.09. The smallest absolute Gasteiger partial charge is 0.335 e.